The van der Waals surface area contributed by atoms with Crippen molar-refractivity contribution >= 4 is 24.2 Å². The number of halogens is 1. The van der Waals surface area contributed by atoms with Crippen molar-refractivity contribution in [3.8, 4) is 0 Å². The van der Waals surface area contributed by atoms with Crippen LogP contribution in [-0.2, 0) is 9.59 Å². The third-order valence-electron chi connectivity index (χ3n) is 3.99. The third-order valence-corrected chi connectivity index (χ3v) is 3.99. The zero-order valence-corrected chi connectivity index (χ0v) is 12.9. The normalized spacial score (nSPS) is 19.3. The van der Waals surface area contributed by atoms with Crippen LogP contribution in [0, 0.1) is 5.92 Å². The van der Waals surface area contributed by atoms with Gasteiger partial charge in [-0.05, 0) is 19.8 Å². The minimum absolute atomic E-state index is 0. The van der Waals surface area contributed by atoms with E-state index in [0.29, 0.717) is 26.1 Å². The molecule has 0 saturated carbocycles. The van der Waals surface area contributed by atoms with Gasteiger partial charge >= 0.3 is 0 Å². The zero-order chi connectivity index (χ0) is 13.8. The van der Waals surface area contributed by atoms with Gasteiger partial charge < -0.3 is 16.0 Å². The first-order valence-corrected chi connectivity index (χ1v) is 6.80. The first kappa shape index (κ1) is 18.2. The highest BCUT2D eigenvalue weighted by atomic mass is 35.5. The summed E-state index contributed by atoms with van der Waals surface area (Å²) in [5, 5.41) is 2.89. The first-order chi connectivity index (χ1) is 8.45. The zero-order valence-electron chi connectivity index (χ0n) is 12.1. The Morgan fingerprint density at radius 2 is 2.00 bits per heavy atom. The molecule has 6 heteroatoms. The van der Waals surface area contributed by atoms with Gasteiger partial charge in [0, 0.05) is 31.6 Å². The summed E-state index contributed by atoms with van der Waals surface area (Å²) in [4.78, 5) is 25.3. The number of amides is 2. The average molecular weight is 292 g/mol. The molecular formula is C13H26ClN3O2. The lowest BCUT2D eigenvalue weighted by atomic mass is 9.94. The lowest BCUT2D eigenvalue weighted by molar-refractivity contribution is -0.128. The van der Waals surface area contributed by atoms with Crippen LogP contribution in [0.3, 0.4) is 0 Å². The van der Waals surface area contributed by atoms with Gasteiger partial charge in [-0.3, -0.25) is 9.59 Å². The Bertz CT molecular complexity index is 319. The topological polar surface area (TPSA) is 75.4 Å². The third kappa shape index (κ3) is 4.66. The van der Waals surface area contributed by atoms with Crippen LogP contribution >= 0.6 is 12.4 Å². The average Bonchev–Trinajstić information content (AvgIpc) is 2.77. The fourth-order valence-electron chi connectivity index (χ4n) is 2.16. The number of hydrogen-bond acceptors (Lipinski definition) is 3. The molecule has 0 bridgehead atoms. The number of likely N-dealkylation sites (tertiary alicyclic amines) is 1. The minimum Gasteiger partial charge on any atom is -0.354 e. The Balaban J connectivity index is 0.00000324. The fraction of sp³-hybridized carbons (Fsp3) is 0.846. The number of carbonyl (C=O) groups excluding carboxylic acids is 2. The molecule has 0 spiro atoms. The molecule has 0 aromatic heterocycles. The smallest absolute Gasteiger partial charge is 0.225 e. The highest BCUT2D eigenvalue weighted by Gasteiger charge is 2.34. The largest absolute Gasteiger partial charge is 0.354 e. The van der Waals surface area contributed by atoms with Gasteiger partial charge in [0.2, 0.25) is 11.8 Å². The molecule has 19 heavy (non-hydrogen) atoms. The Labute approximate surface area is 121 Å². The Hall–Kier alpha value is -0.810. The van der Waals surface area contributed by atoms with Gasteiger partial charge in [-0.2, -0.15) is 0 Å². The van der Waals surface area contributed by atoms with Gasteiger partial charge in [0.25, 0.3) is 0 Å². The second-order valence-electron chi connectivity index (χ2n) is 5.12. The van der Waals surface area contributed by atoms with E-state index in [1.54, 1.807) is 4.90 Å². The Morgan fingerprint density at radius 1 is 1.42 bits per heavy atom. The van der Waals surface area contributed by atoms with Gasteiger partial charge in [-0.1, -0.05) is 13.8 Å². The molecule has 1 unspecified atom stereocenters. The van der Waals surface area contributed by atoms with Crippen LogP contribution in [0.4, 0.5) is 0 Å². The lowest BCUT2D eigenvalue weighted by Gasteiger charge is -2.27. The summed E-state index contributed by atoms with van der Waals surface area (Å²) in [7, 11) is 0. The molecule has 5 nitrogen and oxygen atoms in total. The standard InChI is InChI=1S/C13H25N3O2.ClH/c1-4-13(14,5-2)9-15-12(18)10-7-11(17)16(6-3)8-10;/h10H,4-9,14H2,1-3H3,(H,15,18);1H. The van der Waals surface area contributed by atoms with E-state index in [1.807, 2.05) is 20.8 Å². The molecule has 0 aliphatic carbocycles. The fourth-order valence-corrected chi connectivity index (χ4v) is 2.16. The monoisotopic (exact) mass is 291 g/mol. The second-order valence-corrected chi connectivity index (χ2v) is 5.12. The van der Waals surface area contributed by atoms with Crippen molar-refractivity contribution in [2.75, 3.05) is 19.6 Å². The van der Waals surface area contributed by atoms with E-state index < -0.39 is 0 Å². The number of hydrogen-bond donors (Lipinski definition) is 2. The molecule has 1 atom stereocenters. The van der Waals surface area contributed by atoms with Crippen molar-refractivity contribution in [2.24, 2.45) is 11.7 Å². The highest BCUT2D eigenvalue weighted by Crippen LogP contribution is 2.18. The summed E-state index contributed by atoms with van der Waals surface area (Å²) in [6.45, 7) is 7.67. The maximum atomic E-state index is 12.0. The van der Waals surface area contributed by atoms with E-state index in [4.69, 9.17) is 5.73 Å². The van der Waals surface area contributed by atoms with E-state index in [0.717, 1.165) is 12.8 Å². The van der Waals surface area contributed by atoms with Crippen LogP contribution in [0.15, 0.2) is 0 Å². The van der Waals surface area contributed by atoms with Crippen LogP contribution in [0.5, 0.6) is 0 Å². The summed E-state index contributed by atoms with van der Waals surface area (Å²) in [5.74, 6) is -0.186. The van der Waals surface area contributed by atoms with Gasteiger partial charge in [-0.25, -0.2) is 0 Å². The van der Waals surface area contributed by atoms with Gasteiger partial charge in [0.05, 0.1) is 5.92 Å². The SMILES string of the molecule is CCN1CC(C(=O)NCC(N)(CC)CC)CC1=O.Cl. The van der Waals surface area contributed by atoms with Gasteiger partial charge in [0.15, 0.2) is 0 Å². The second kappa shape index (κ2) is 7.70. The number of nitrogens with two attached hydrogens (primary N) is 1. The molecule has 112 valence electrons. The van der Waals surface area contributed by atoms with E-state index >= 15 is 0 Å². The lowest BCUT2D eigenvalue weighted by Crippen LogP contribution is -2.50. The summed E-state index contributed by atoms with van der Waals surface area (Å²) < 4.78 is 0. The number of carbonyl (C=O) groups is 2. The predicted octanol–water partition coefficient (Wildman–Crippen LogP) is 0.910. The van der Waals surface area contributed by atoms with Gasteiger partial charge in [-0.15, -0.1) is 12.4 Å². The van der Waals surface area contributed by atoms with Crippen LogP contribution in [0.2, 0.25) is 0 Å². The molecule has 0 aromatic rings. The molecule has 1 aliphatic heterocycles. The summed E-state index contributed by atoms with van der Waals surface area (Å²) in [5.41, 5.74) is 5.80. The maximum absolute atomic E-state index is 12.0. The molecule has 1 aliphatic rings. The van der Waals surface area contributed by atoms with E-state index in [2.05, 4.69) is 5.32 Å². The number of nitrogens with one attached hydrogen (secondary N) is 1. The summed E-state index contributed by atoms with van der Waals surface area (Å²) in [6.07, 6.45) is 1.98. The molecule has 3 N–H and O–H groups in total. The van der Waals surface area contributed by atoms with Crippen molar-refractivity contribution in [1.29, 1.82) is 0 Å². The molecule has 0 radical (unpaired) electrons. The predicted molar refractivity (Wildman–Crippen MR) is 78.1 cm³/mol. The Kier molecular flexibility index (Phi) is 7.37. The maximum Gasteiger partial charge on any atom is 0.225 e. The van der Waals surface area contributed by atoms with Crippen LogP contribution in [-0.4, -0.2) is 41.9 Å². The van der Waals surface area contributed by atoms with E-state index in [1.165, 1.54) is 0 Å². The summed E-state index contributed by atoms with van der Waals surface area (Å²) >= 11 is 0. The first-order valence-electron chi connectivity index (χ1n) is 6.80. The molecule has 0 aromatic carbocycles. The van der Waals surface area contributed by atoms with E-state index in [-0.39, 0.29) is 35.7 Å². The van der Waals surface area contributed by atoms with Crippen molar-refractivity contribution in [3.63, 3.8) is 0 Å². The number of rotatable bonds is 6. The molecular weight excluding hydrogens is 266 g/mol. The summed E-state index contributed by atoms with van der Waals surface area (Å²) in [6, 6.07) is 0. The van der Waals surface area contributed by atoms with E-state index in [9.17, 15) is 9.59 Å². The molecule has 2 amide bonds. The van der Waals surface area contributed by atoms with Crippen molar-refractivity contribution in [2.45, 2.75) is 45.6 Å². The molecule has 1 heterocycles. The van der Waals surface area contributed by atoms with Crippen molar-refractivity contribution in [1.82, 2.24) is 10.2 Å². The molecule has 1 fully saturated rings. The van der Waals surface area contributed by atoms with Crippen molar-refractivity contribution in [3.05, 3.63) is 0 Å². The van der Waals surface area contributed by atoms with Crippen LogP contribution < -0.4 is 11.1 Å². The van der Waals surface area contributed by atoms with Gasteiger partial charge in [0.1, 0.15) is 0 Å². The van der Waals surface area contributed by atoms with Crippen LogP contribution in [0.1, 0.15) is 40.0 Å². The highest BCUT2D eigenvalue weighted by molar-refractivity contribution is 5.89. The molecule has 1 saturated heterocycles. The number of nitrogens with zero attached hydrogens (tertiary/aromatic N) is 1. The quantitative estimate of drug-likeness (QED) is 0.764. The van der Waals surface area contributed by atoms with Crippen molar-refractivity contribution < 1.29 is 9.59 Å². The minimum atomic E-state index is -0.331. The Morgan fingerprint density at radius 3 is 2.42 bits per heavy atom. The van der Waals surface area contributed by atoms with Crippen LogP contribution in [0.25, 0.3) is 0 Å². The molecule has 1 rings (SSSR count).